The highest BCUT2D eigenvalue weighted by Crippen LogP contribution is 2.26. The van der Waals surface area contributed by atoms with Crippen LogP contribution in [0.3, 0.4) is 0 Å². The zero-order chi connectivity index (χ0) is 14.2. The summed E-state index contributed by atoms with van der Waals surface area (Å²) in [5.74, 6) is -0.834. The van der Waals surface area contributed by atoms with Gasteiger partial charge in [-0.05, 0) is 17.1 Å². The molecule has 0 N–H and O–H groups in total. The lowest BCUT2D eigenvalue weighted by Gasteiger charge is -2.01. The van der Waals surface area contributed by atoms with E-state index in [1.807, 2.05) is 0 Å². The molecule has 0 saturated heterocycles. The fourth-order valence-corrected chi connectivity index (χ4v) is 1.62. The molecule has 0 bridgehead atoms. The van der Waals surface area contributed by atoms with Gasteiger partial charge in [0.2, 0.25) is 5.82 Å². The van der Waals surface area contributed by atoms with Crippen LogP contribution < -0.4 is 5.56 Å². The number of aromatic nitrogens is 4. The summed E-state index contributed by atoms with van der Waals surface area (Å²) >= 11 is 16.7. The molecule has 0 aliphatic heterocycles. The van der Waals surface area contributed by atoms with Crippen LogP contribution in [0.4, 0.5) is 5.82 Å². The second kappa shape index (κ2) is 5.08. The lowest BCUT2D eigenvalue weighted by atomic mass is 10.5. The number of nitro groups is 1. The number of nitrogens with zero attached hydrogens (tertiary/aromatic N) is 5. The van der Waals surface area contributed by atoms with Gasteiger partial charge in [-0.2, -0.15) is 0 Å². The van der Waals surface area contributed by atoms with Crippen LogP contribution in [-0.4, -0.2) is 24.9 Å². The van der Waals surface area contributed by atoms with Crippen LogP contribution in [-0.2, 0) is 0 Å². The third-order valence-electron chi connectivity index (χ3n) is 1.97. The Kier molecular flexibility index (Phi) is 3.65. The zero-order valence-electron chi connectivity index (χ0n) is 8.75. The Bertz CT molecular complexity index is 715. The van der Waals surface area contributed by atoms with Gasteiger partial charge in [0, 0.05) is 0 Å². The first kappa shape index (κ1) is 13.7. The van der Waals surface area contributed by atoms with E-state index in [1.54, 1.807) is 0 Å². The molecule has 98 valence electrons. The highest BCUT2D eigenvalue weighted by atomic mass is 35.5. The molecule has 0 atom stereocenters. The van der Waals surface area contributed by atoms with Crippen LogP contribution in [0.25, 0.3) is 5.82 Å². The van der Waals surface area contributed by atoms with E-state index in [2.05, 4.69) is 15.3 Å². The first-order valence-electron chi connectivity index (χ1n) is 4.54. The predicted molar refractivity (Wildman–Crippen MR) is 67.1 cm³/mol. The summed E-state index contributed by atoms with van der Waals surface area (Å²) in [5, 5.41) is 20.3. The Hall–Kier alpha value is -1.77. The maximum Gasteiger partial charge on any atom is 0.409 e. The van der Waals surface area contributed by atoms with E-state index in [-0.39, 0.29) is 11.0 Å². The fourth-order valence-electron chi connectivity index (χ4n) is 1.16. The molecule has 11 heteroatoms. The summed E-state index contributed by atoms with van der Waals surface area (Å²) in [7, 11) is 0. The van der Waals surface area contributed by atoms with Crippen molar-refractivity contribution in [2.45, 2.75) is 0 Å². The van der Waals surface area contributed by atoms with E-state index in [0.717, 1.165) is 0 Å². The van der Waals surface area contributed by atoms with E-state index >= 15 is 0 Å². The molecule has 0 aliphatic carbocycles. The van der Waals surface area contributed by atoms with Gasteiger partial charge in [-0.15, -0.1) is 10.2 Å². The van der Waals surface area contributed by atoms with E-state index in [4.69, 9.17) is 34.8 Å². The molecule has 19 heavy (non-hydrogen) atoms. The average Bonchev–Trinajstić information content (AvgIpc) is 2.37. The number of rotatable bonds is 2. The molecule has 0 amide bonds. The van der Waals surface area contributed by atoms with Crippen molar-refractivity contribution in [1.29, 1.82) is 0 Å². The fraction of sp³-hybridized carbons (Fsp3) is 0. The zero-order valence-corrected chi connectivity index (χ0v) is 11.0. The molecule has 0 radical (unpaired) electrons. The van der Waals surface area contributed by atoms with Gasteiger partial charge in [0.05, 0.1) is 5.10 Å². The van der Waals surface area contributed by atoms with Crippen LogP contribution in [0, 0.1) is 10.1 Å². The molecule has 0 unspecified atom stereocenters. The maximum absolute atomic E-state index is 11.8. The van der Waals surface area contributed by atoms with E-state index in [0.29, 0.717) is 4.68 Å². The van der Waals surface area contributed by atoms with Crippen molar-refractivity contribution in [3.63, 3.8) is 0 Å². The van der Waals surface area contributed by atoms with Crippen molar-refractivity contribution < 1.29 is 4.92 Å². The molecule has 0 saturated carbocycles. The lowest BCUT2D eigenvalue weighted by molar-refractivity contribution is -0.390. The van der Waals surface area contributed by atoms with Crippen LogP contribution in [0.15, 0.2) is 16.9 Å². The van der Waals surface area contributed by atoms with Crippen molar-refractivity contribution in [3.8, 4) is 5.82 Å². The Morgan fingerprint density at radius 3 is 2.37 bits per heavy atom. The van der Waals surface area contributed by atoms with Crippen LogP contribution in [0.2, 0.25) is 15.2 Å². The topological polar surface area (TPSA) is 104 Å². The minimum atomic E-state index is -0.868. The van der Waals surface area contributed by atoms with E-state index in [9.17, 15) is 14.9 Å². The van der Waals surface area contributed by atoms with Crippen molar-refractivity contribution in [3.05, 3.63) is 47.8 Å². The van der Waals surface area contributed by atoms with Crippen molar-refractivity contribution >= 4 is 40.6 Å². The van der Waals surface area contributed by atoms with Crippen LogP contribution in [0.5, 0.6) is 0 Å². The van der Waals surface area contributed by atoms with E-state index < -0.39 is 26.3 Å². The van der Waals surface area contributed by atoms with Crippen LogP contribution in [0.1, 0.15) is 0 Å². The molecule has 0 spiro atoms. The summed E-state index contributed by atoms with van der Waals surface area (Å²) in [4.78, 5) is 21.7. The van der Waals surface area contributed by atoms with Crippen molar-refractivity contribution in [2.24, 2.45) is 0 Å². The van der Waals surface area contributed by atoms with Crippen molar-refractivity contribution in [2.75, 3.05) is 0 Å². The molecule has 8 nitrogen and oxygen atoms in total. The molecule has 2 heterocycles. The monoisotopic (exact) mass is 321 g/mol. The smallest absolute Gasteiger partial charge is 0.358 e. The summed E-state index contributed by atoms with van der Waals surface area (Å²) in [6, 6.07) is 2.64. The third kappa shape index (κ3) is 2.50. The van der Waals surface area contributed by atoms with Gasteiger partial charge < -0.3 is 10.1 Å². The van der Waals surface area contributed by atoms with Crippen molar-refractivity contribution in [1.82, 2.24) is 20.0 Å². The SMILES string of the molecule is O=c1c(Cl)c(Cl)c([N+](=O)[O-])nn1-c1ccc(Cl)nn1. The second-order valence-electron chi connectivity index (χ2n) is 3.14. The quantitative estimate of drug-likeness (QED) is 0.617. The van der Waals surface area contributed by atoms with Gasteiger partial charge in [0.25, 0.3) is 0 Å². The number of hydrogen-bond acceptors (Lipinski definition) is 6. The van der Waals surface area contributed by atoms with Gasteiger partial charge in [-0.3, -0.25) is 4.79 Å². The Labute approximate surface area is 119 Å². The highest BCUT2D eigenvalue weighted by Gasteiger charge is 2.25. The first-order valence-corrected chi connectivity index (χ1v) is 5.67. The molecule has 2 aromatic rings. The Morgan fingerprint density at radius 1 is 1.16 bits per heavy atom. The molecular formula is C8H2Cl3N5O3. The highest BCUT2D eigenvalue weighted by molar-refractivity contribution is 6.43. The lowest BCUT2D eigenvalue weighted by Crippen LogP contribution is -2.24. The molecule has 2 rings (SSSR count). The minimum absolute atomic E-state index is 0.0731. The average molecular weight is 322 g/mol. The van der Waals surface area contributed by atoms with E-state index in [1.165, 1.54) is 12.1 Å². The largest absolute Gasteiger partial charge is 0.409 e. The standard InChI is InChI=1S/C8H2Cl3N5O3/c9-3-1-2-4(13-12-3)15-8(17)6(11)5(10)7(14-15)16(18)19/h1-2H. The summed E-state index contributed by atoms with van der Waals surface area (Å²) in [6.07, 6.45) is 0. The number of hydrogen-bond donors (Lipinski definition) is 0. The summed E-state index contributed by atoms with van der Waals surface area (Å²) in [5.41, 5.74) is -0.853. The first-order chi connectivity index (χ1) is 8.91. The normalized spacial score (nSPS) is 10.5. The molecule has 2 aromatic heterocycles. The molecular weight excluding hydrogens is 320 g/mol. The molecule has 0 fully saturated rings. The van der Waals surface area contributed by atoms with Gasteiger partial charge in [0.15, 0.2) is 10.2 Å². The van der Waals surface area contributed by atoms with Crippen LogP contribution >= 0.6 is 34.8 Å². The predicted octanol–water partition coefficient (Wildman–Crippen LogP) is 1.89. The molecule has 0 aromatic carbocycles. The minimum Gasteiger partial charge on any atom is -0.358 e. The van der Waals surface area contributed by atoms with Gasteiger partial charge in [-0.25, -0.2) is 0 Å². The molecule has 0 aliphatic rings. The summed E-state index contributed by atoms with van der Waals surface area (Å²) in [6.45, 7) is 0. The van der Waals surface area contributed by atoms with Gasteiger partial charge in [0.1, 0.15) is 5.02 Å². The maximum atomic E-state index is 11.8. The van der Waals surface area contributed by atoms with Gasteiger partial charge >= 0.3 is 11.4 Å². The summed E-state index contributed by atoms with van der Waals surface area (Å²) < 4.78 is 0.621. The Balaban J connectivity index is 2.74. The van der Waals surface area contributed by atoms with Gasteiger partial charge in [-0.1, -0.05) is 39.5 Å². The second-order valence-corrected chi connectivity index (χ2v) is 4.28. The number of halogens is 3. The Morgan fingerprint density at radius 2 is 1.84 bits per heavy atom. The third-order valence-corrected chi connectivity index (χ3v) is 2.98.